The van der Waals surface area contributed by atoms with Crippen LogP contribution < -0.4 is 15.8 Å². The van der Waals surface area contributed by atoms with E-state index in [1.54, 1.807) is 12.1 Å². The number of phenols is 1. The molecule has 0 aromatic heterocycles. The van der Waals surface area contributed by atoms with Gasteiger partial charge in [0, 0.05) is 31.0 Å². The van der Waals surface area contributed by atoms with Crippen molar-refractivity contribution in [3.8, 4) is 11.5 Å². The second-order valence-electron chi connectivity index (χ2n) is 11.2. The van der Waals surface area contributed by atoms with Gasteiger partial charge in [0.2, 0.25) is 5.91 Å². The summed E-state index contributed by atoms with van der Waals surface area (Å²) in [5, 5.41) is 34.0. The molecule has 0 saturated carbocycles. The number of aliphatic carboxylic acids is 1. The molecule has 2 heterocycles. The van der Waals surface area contributed by atoms with Gasteiger partial charge in [0.05, 0.1) is 17.4 Å². The number of amides is 1. The van der Waals surface area contributed by atoms with Gasteiger partial charge in [-0.25, -0.2) is 4.79 Å². The van der Waals surface area contributed by atoms with Crippen LogP contribution >= 0.6 is 0 Å². The van der Waals surface area contributed by atoms with E-state index < -0.39 is 53.1 Å². The number of phenolic OH excluding ortho intramolecular Hbond substituents is 1. The van der Waals surface area contributed by atoms with E-state index in [4.69, 9.17) is 25.1 Å². The van der Waals surface area contributed by atoms with E-state index in [1.807, 2.05) is 13.1 Å². The molecule has 1 aromatic carbocycles. The smallest absolute Gasteiger partial charge is 0.352 e. The van der Waals surface area contributed by atoms with Crippen LogP contribution in [-0.2, 0) is 40.5 Å². The van der Waals surface area contributed by atoms with Gasteiger partial charge in [-0.2, -0.15) is 0 Å². The van der Waals surface area contributed by atoms with E-state index >= 15 is 0 Å². The number of nitrogens with two attached hydrogens (primary N) is 1. The maximum Gasteiger partial charge on any atom is 0.352 e. The molecule has 1 aromatic rings. The number of piperidine rings is 1. The van der Waals surface area contributed by atoms with Gasteiger partial charge in [-0.15, -0.1) is 0 Å². The van der Waals surface area contributed by atoms with Gasteiger partial charge in [-0.3, -0.25) is 14.4 Å². The number of nitrogens with one attached hydrogen (secondary N) is 1. The zero-order chi connectivity index (χ0) is 29.7. The van der Waals surface area contributed by atoms with Crippen molar-refractivity contribution in [3.63, 3.8) is 0 Å². The monoisotopic (exact) mass is 573 g/mol. The summed E-state index contributed by atoms with van der Waals surface area (Å²) < 4.78 is 17.2. The topological polar surface area (TPSA) is 198 Å². The van der Waals surface area contributed by atoms with E-state index in [0.717, 1.165) is 11.1 Å². The molecule has 6 atom stereocenters. The molecule has 4 aliphatic rings. The van der Waals surface area contributed by atoms with Crippen molar-refractivity contribution >= 4 is 23.8 Å². The Morgan fingerprint density at radius 3 is 2.76 bits per heavy atom. The molecular formula is C28H35N3O10. The van der Waals surface area contributed by atoms with Crippen LogP contribution in [0.1, 0.15) is 50.2 Å². The van der Waals surface area contributed by atoms with Gasteiger partial charge in [0.15, 0.2) is 23.7 Å². The quantitative estimate of drug-likeness (QED) is 0.232. The molecule has 1 fully saturated rings. The van der Waals surface area contributed by atoms with Crippen LogP contribution in [0.2, 0.25) is 0 Å². The molecule has 41 heavy (non-hydrogen) atoms. The predicted octanol–water partition coefficient (Wildman–Crippen LogP) is -0.157. The van der Waals surface area contributed by atoms with Gasteiger partial charge in [0.25, 0.3) is 0 Å². The van der Waals surface area contributed by atoms with Crippen molar-refractivity contribution in [2.75, 3.05) is 20.1 Å². The number of likely N-dealkylation sites (N-methyl/N-ethyl adjacent to an activating group) is 1. The number of carbonyl (C=O) groups excluding carboxylic acids is 3. The molecule has 0 unspecified atom stereocenters. The zero-order valence-corrected chi connectivity index (χ0v) is 22.9. The molecule has 6 N–H and O–H groups in total. The maximum absolute atomic E-state index is 13.0. The highest BCUT2D eigenvalue weighted by atomic mass is 16.6. The number of esters is 2. The Labute approximate surface area is 236 Å². The van der Waals surface area contributed by atoms with Crippen LogP contribution in [0.3, 0.4) is 0 Å². The summed E-state index contributed by atoms with van der Waals surface area (Å²) in [7, 11) is 1.97. The van der Waals surface area contributed by atoms with Crippen molar-refractivity contribution in [3.05, 3.63) is 35.1 Å². The van der Waals surface area contributed by atoms with Gasteiger partial charge < -0.3 is 45.5 Å². The number of carboxylic acid groups (broad SMARTS) is 1. The van der Waals surface area contributed by atoms with Gasteiger partial charge in [-0.1, -0.05) is 6.07 Å². The van der Waals surface area contributed by atoms with E-state index in [2.05, 4.69) is 10.2 Å². The number of carboxylic acids is 1. The number of likely N-dealkylation sites (tertiary alicyclic amines) is 1. The van der Waals surface area contributed by atoms with Crippen molar-refractivity contribution < 1.29 is 48.7 Å². The number of hydrogen-bond acceptors (Lipinski definition) is 11. The normalized spacial score (nSPS) is 28.8. The summed E-state index contributed by atoms with van der Waals surface area (Å²) in [6.07, 6.45) is 0.484. The maximum atomic E-state index is 13.0. The molecule has 2 bridgehead atoms. The molecular weight excluding hydrogens is 538 g/mol. The first-order valence-electron chi connectivity index (χ1n) is 13.7. The van der Waals surface area contributed by atoms with Crippen LogP contribution in [0.5, 0.6) is 11.5 Å². The standard InChI is InChI=1S/C28H35N3O10/c1-14(39-21(34)8-11-30-20(33)6-4-16(29)25(35)36)26(37)40-18-7-9-28(38)19-13-15-3-5-17(32)23-22(15)27(28,24(18)41-23)10-12-31(19)2/h3,5,7,14,16,19,24,32,38H,4,6,8-13,29H2,1-2H3,(H,30,33)(H,35,36)/t14-,16-,19-,24-,27-,28+/m0/s1. The Bertz CT molecular complexity index is 1310. The molecule has 13 heteroatoms. The fraction of sp³-hybridized carbons (Fsp3) is 0.571. The fourth-order valence-corrected chi connectivity index (χ4v) is 6.74. The number of carbonyl (C=O) groups is 4. The van der Waals surface area contributed by atoms with E-state index in [1.165, 1.54) is 6.92 Å². The summed E-state index contributed by atoms with van der Waals surface area (Å²) >= 11 is 0. The number of ether oxygens (including phenoxy) is 3. The second kappa shape index (κ2) is 10.6. The first kappa shape index (κ1) is 28.8. The van der Waals surface area contributed by atoms with Crippen LogP contribution in [0.15, 0.2) is 24.0 Å². The lowest BCUT2D eigenvalue weighted by molar-refractivity contribution is -0.175. The van der Waals surface area contributed by atoms with Crippen molar-refractivity contribution in [1.29, 1.82) is 0 Å². The van der Waals surface area contributed by atoms with Gasteiger partial charge in [-0.05, 0) is 57.5 Å². The van der Waals surface area contributed by atoms with E-state index in [9.17, 15) is 29.4 Å². The molecule has 13 nitrogen and oxygen atoms in total. The Kier molecular flexibility index (Phi) is 7.47. The Hall–Kier alpha value is -3.68. The lowest BCUT2D eigenvalue weighted by Crippen LogP contribution is -2.74. The number of aliphatic hydroxyl groups is 1. The number of nitrogens with zero attached hydrogens (tertiary/aromatic N) is 1. The third kappa shape index (κ3) is 4.71. The number of benzene rings is 1. The van der Waals surface area contributed by atoms with Gasteiger partial charge in [0.1, 0.15) is 11.8 Å². The third-order valence-corrected chi connectivity index (χ3v) is 8.86. The molecule has 5 rings (SSSR count). The molecule has 1 spiro atoms. The highest BCUT2D eigenvalue weighted by Crippen LogP contribution is 2.65. The first-order chi connectivity index (χ1) is 19.4. The van der Waals surface area contributed by atoms with Gasteiger partial charge >= 0.3 is 17.9 Å². The van der Waals surface area contributed by atoms with Crippen LogP contribution in [-0.4, -0.2) is 94.1 Å². The molecule has 222 valence electrons. The fourth-order valence-electron chi connectivity index (χ4n) is 6.74. The summed E-state index contributed by atoms with van der Waals surface area (Å²) in [5.74, 6) is -2.80. The first-order valence-corrected chi connectivity index (χ1v) is 13.7. The summed E-state index contributed by atoms with van der Waals surface area (Å²) in [4.78, 5) is 49.9. The highest BCUT2D eigenvalue weighted by Gasteiger charge is 2.72. The molecule has 0 radical (unpaired) electrons. The van der Waals surface area contributed by atoms with Crippen LogP contribution in [0.25, 0.3) is 0 Å². The van der Waals surface area contributed by atoms with Crippen molar-refractivity contribution in [2.24, 2.45) is 5.73 Å². The van der Waals surface area contributed by atoms with E-state index in [-0.39, 0.29) is 49.8 Å². The third-order valence-electron chi connectivity index (χ3n) is 8.86. The minimum absolute atomic E-state index is 0.0444. The summed E-state index contributed by atoms with van der Waals surface area (Å²) in [6.45, 7) is 1.98. The number of rotatable bonds is 10. The Balaban J connectivity index is 1.22. The number of aromatic hydroxyl groups is 1. The number of hydrogen-bond donors (Lipinski definition) is 5. The molecule has 1 amide bonds. The lowest BCUT2D eigenvalue weighted by Gasteiger charge is -2.61. The van der Waals surface area contributed by atoms with Crippen molar-refractivity contribution in [2.45, 2.75) is 80.8 Å². The largest absolute Gasteiger partial charge is 0.504 e. The van der Waals surface area contributed by atoms with Crippen LogP contribution in [0, 0.1) is 0 Å². The minimum Gasteiger partial charge on any atom is -0.504 e. The predicted molar refractivity (Wildman–Crippen MR) is 141 cm³/mol. The zero-order valence-electron chi connectivity index (χ0n) is 22.9. The average molecular weight is 574 g/mol. The minimum atomic E-state index is -1.27. The van der Waals surface area contributed by atoms with Crippen molar-refractivity contribution in [1.82, 2.24) is 10.2 Å². The summed E-state index contributed by atoms with van der Waals surface area (Å²) in [6, 6.07) is 2.09. The lowest BCUT2D eigenvalue weighted by atomic mass is 9.50. The van der Waals surface area contributed by atoms with Crippen LogP contribution in [0.4, 0.5) is 0 Å². The summed E-state index contributed by atoms with van der Waals surface area (Å²) in [5.41, 5.74) is 5.00. The Morgan fingerprint density at radius 1 is 1.27 bits per heavy atom. The second-order valence-corrected chi connectivity index (χ2v) is 11.2. The highest BCUT2D eigenvalue weighted by molar-refractivity contribution is 5.81. The van der Waals surface area contributed by atoms with E-state index in [0.29, 0.717) is 25.1 Å². The SMILES string of the molecule is C[C@H](OC(=O)CCNC(=O)CC[C@H](N)C(=O)O)C(=O)OC1=CC[C@@]2(O)[C@@H]3Cc4ccc(O)c5c4[C@@]2(CCN3C)[C@H]1O5. The molecule has 2 aliphatic heterocycles. The Morgan fingerprint density at radius 2 is 2.02 bits per heavy atom. The average Bonchev–Trinajstić information content (AvgIpc) is 3.28. The molecule has 2 aliphatic carbocycles. The molecule has 1 saturated heterocycles.